The molecule has 0 aliphatic rings. The van der Waals surface area contributed by atoms with Gasteiger partial charge in [0.05, 0.1) is 26.9 Å². The zero-order valence-electron chi connectivity index (χ0n) is 19.8. The summed E-state index contributed by atoms with van der Waals surface area (Å²) >= 11 is 0. The Bertz CT molecular complexity index is 1170. The van der Waals surface area contributed by atoms with E-state index in [1.54, 1.807) is 18.2 Å². The number of aryl methyl sites for hydroxylation is 1. The summed E-state index contributed by atoms with van der Waals surface area (Å²) in [5.74, 6) is 0.718. The summed E-state index contributed by atoms with van der Waals surface area (Å²) in [6, 6.07) is 8.08. The predicted octanol–water partition coefficient (Wildman–Crippen LogP) is 5.47. The van der Waals surface area contributed by atoms with Crippen molar-refractivity contribution in [3.05, 3.63) is 57.4 Å². The van der Waals surface area contributed by atoms with E-state index < -0.39 is 5.97 Å². The molecular weight excluding hydrogens is 424 g/mol. The summed E-state index contributed by atoms with van der Waals surface area (Å²) in [7, 11) is 4.43. The number of hydrogen-bond donors (Lipinski definition) is 0. The van der Waals surface area contributed by atoms with Crippen molar-refractivity contribution >= 4 is 16.9 Å². The van der Waals surface area contributed by atoms with Crippen LogP contribution in [0.15, 0.2) is 39.5 Å². The fourth-order valence-corrected chi connectivity index (χ4v) is 3.82. The van der Waals surface area contributed by atoms with E-state index in [4.69, 9.17) is 23.4 Å². The van der Waals surface area contributed by atoms with Crippen molar-refractivity contribution in [3.8, 4) is 23.0 Å². The van der Waals surface area contributed by atoms with Gasteiger partial charge in [0, 0.05) is 17.0 Å². The third-order valence-corrected chi connectivity index (χ3v) is 5.65. The van der Waals surface area contributed by atoms with E-state index in [-0.39, 0.29) is 16.9 Å². The van der Waals surface area contributed by atoms with E-state index in [2.05, 4.69) is 6.92 Å². The van der Waals surface area contributed by atoms with Crippen LogP contribution in [0.4, 0.5) is 0 Å². The normalized spacial score (nSPS) is 10.8. The topological polar surface area (TPSA) is 84.2 Å². The molecule has 0 N–H and O–H groups in total. The van der Waals surface area contributed by atoms with Gasteiger partial charge in [0.2, 0.25) is 5.75 Å². The second-order valence-corrected chi connectivity index (χ2v) is 7.77. The molecule has 176 valence electrons. The molecule has 0 saturated carbocycles. The quantitative estimate of drug-likeness (QED) is 0.174. The summed E-state index contributed by atoms with van der Waals surface area (Å²) in [5, 5.41) is 0.827. The summed E-state index contributed by atoms with van der Waals surface area (Å²) in [6.07, 6.45) is 5.03. The highest BCUT2D eigenvalue weighted by atomic mass is 16.5. The molecule has 0 bridgehead atoms. The van der Waals surface area contributed by atoms with Gasteiger partial charge in [0.1, 0.15) is 11.3 Å². The molecule has 1 aromatic heterocycles. The van der Waals surface area contributed by atoms with Crippen LogP contribution in [0.2, 0.25) is 0 Å². The first-order valence-electron chi connectivity index (χ1n) is 11.0. The average molecular weight is 455 g/mol. The Morgan fingerprint density at radius 2 is 1.64 bits per heavy atom. The largest absolute Gasteiger partial charge is 0.493 e. The minimum absolute atomic E-state index is 0.227. The van der Waals surface area contributed by atoms with Gasteiger partial charge in [-0.25, -0.2) is 9.59 Å². The molecule has 1 heterocycles. The molecule has 0 spiro atoms. The van der Waals surface area contributed by atoms with Crippen LogP contribution in [0.5, 0.6) is 23.0 Å². The van der Waals surface area contributed by atoms with Crippen molar-refractivity contribution in [2.45, 2.75) is 46.0 Å². The van der Waals surface area contributed by atoms with Gasteiger partial charge in [-0.3, -0.25) is 0 Å². The first-order chi connectivity index (χ1) is 15.9. The monoisotopic (exact) mass is 454 g/mol. The van der Waals surface area contributed by atoms with E-state index in [1.807, 2.05) is 6.92 Å². The summed E-state index contributed by atoms with van der Waals surface area (Å²) in [4.78, 5) is 25.3. The number of fused-ring (bicyclic) bond motifs is 1. The predicted molar refractivity (Wildman–Crippen MR) is 126 cm³/mol. The van der Waals surface area contributed by atoms with Gasteiger partial charge in [-0.2, -0.15) is 0 Å². The van der Waals surface area contributed by atoms with Crippen LogP contribution >= 0.6 is 0 Å². The number of carbonyl (C=O) groups excluding carboxylic acids is 1. The Kier molecular flexibility index (Phi) is 7.98. The van der Waals surface area contributed by atoms with Gasteiger partial charge >= 0.3 is 11.6 Å². The van der Waals surface area contributed by atoms with Gasteiger partial charge in [0.15, 0.2) is 11.5 Å². The third-order valence-electron chi connectivity index (χ3n) is 5.65. The average Bonchev–Trinajstić information content (AvgIpc) is 2.82. The number of carbonyl (C=O) groups is 1. The number of esters is 1. The lowest BCUT2D eigenvalue weighted by molar-refractivity contribution is 0.0734. The van der Waals surface area contributed by atoms with Crippen LogP contribution < -0.4 is 24.6 Å². The van der Waals surface area contributed by atoms with Crippen molar-refractivity contribution < 1.29 is 28.2 Å². The van der Waals surface area contributed by atoms with E-state index in [0.717, 1.165) is 36.6 Å². The minimum atomic E-state index is -0.611. The van der Waals surface area contributed by atoms with Crippen LogP contribution in [0, 0.1) is 6.92 Å². The van der Waals surface area contributed by atoms with Crippen LogP contribution in [-0.2, 0) is 6.42 Å². The summed E-state index contributed by atoms with van der Waals surface area (Å²) in [6.45, 7) is 4.08. The second-order valence-electron chi connectivity index (χ2n) is 7.77. The molecule has 0 saturated heterocycles. The van der Waals surface area contributed by atoms with Crippen LogP contribution in [0.1, 0.15) is 54.1 Å². The molecule has 0 radical (unpaired) electrons. The highest BCUT2D eigenvalue weighted by molar-refractivity contribution is 5.93. The molecule has 3 rings (SSSR count). The number of unbranched alkanes of at least 4 members (excludes halogenated alkanes) is 3. The van der Waals surface area contributed by atoms with Crippen molar-refractivity contribution in [2.24, 2.45) is 0 Å². The number of methoxy groups -OCH3 is 3. The molecular formula is C26H30O7. The maximum Gasteiger partial charge on any atom is 0.343 e. The molecule has 0 unspecified atom stereocenters. The number of ether oxygens (including phenoxy) is 4. The molecule has 0 fully saturated rings. The molecule has 0 aliphatic carbocycles. The Morgan fingerprint density at radius 1 is 0.939 bits per heavy atom. The summed E-state index contributed by atoms with van der Waals surface area (Å²) in [5.41, 5.74) is 1.88. The van der Waals surface area contributed by atoms with Crippen molar-refractivity contribution in [1.29, 1.82) is 0 Å². The highest BCUT2D eigenvalue weighted by Crippen LogP contribution is 2.38. The fraction of sp³-hybridized carbons (Fsp3) is 0.385. The highest BCUT2D eigenvalue weighted by Gasteiger charge is 2.19. The van der Waals surface area contributed by atoms with Crippen molar-refractivity contribution in [2.75, 3.05) is 21.3 Å². The zero-order chi connectivity index (χ0) is 24.0. The molecule has 33 heavy (non-hydrogen) atoms. The lowest BCUT2D eigenvalue weighted by atomic mass is 10.0. The molecule has 7 heteroatoms. The van der Waals surface area contributed by atoms with Gasteiger partial charge in [-0.1, -0.05) is 26.2 Å². The Labute approximate surface area is 193 Å². The third kappa shape index (κ3) is 5.30. The summed E-state index contributed by atoms with van der Waals surface area (Å²) < 4.78 is 27.0. The Morgan fingerprint density at radius 3 is 2.24 bits per heavy atom. The number of rotatable bonds is 10. The first-order valence-corrected chi connectivity index (χ1v) is 11.0. The van der Waals surface area contributed by atoms with Crippen LogP contribution in [0.25, 0.3) is 11.0 Å². The van der Waals surface area contributed by atoms with Crippen LogP contribution in [-0.4, -0.2) is 27.3 Å². The minimum Gasteiger partial charge on any atom is -0.493 e. The molecule has 0 atom stereocenters. The maximum absolute atomic E-state index is 12.8. The molecule has 2 aromatic carbocycles. The molecule has 0 amide bonds. The number of hydrogen-bond acceptors (Lipinski definition) is 7. The Balaban J connectivity index is 1.87. The van der Waals surface area contributed by atoms with Gasteiger partial charge < -0.3 is 23.4 Å². The van der Waals surface area contributed by atoms with E-state index >= 15 is 0 Å². The first kappa shape index (κ1) is 24.2. The maximum atomic E-state index is 12.8. The number of benzene rings is 2. The molecule has 7 nitrogen and oxygen atoms in total. The zero-order valence-corrected chi connectivity index (χ0v) is 19.8. The van der Waals surface area contributed by atoms with Gasteiger partial charge in [-0.05, 0) is 49.6 Å². The van der Waals surface area contributed by atoms with E-state index in [0.29, 0.717) is 34.8 Å². The van der Waals surface area contributed by atoms with Gasteiger partial charge in [0.25, 0.3) is 0 Å². The standard InChI is InChI=1S/C26H30O7/c1-6-7-8-9-10-20-16(2)19-12-11-18(15-21(19)33-26(20)28)32-25(27)17-13-22(29-3)24(31-5)23(14-17)30-4/h11-15H,6-10H2,1-5H3. The second kappa shape index (κ2) is 10.9. The smallest absolute Gasteiger partial charge is 0.343 e. The van der Waals surface area contributed by atoms with E-state index in [1.165, 1.54) is 33.5 Å². The fourth-order valence-electron chi connectivity index (χ4n) is 3.82. The molecule has 3 aromatic rings. The van der Waals surface area contributed by atoms with Crippen LogP contribution in [0.3, 0.4) is 0 Å². The lowest BCUT2D eigenvalue weighted by Gasteiger charge is -2.14. The molecule has 0 aliphatic heterocycles. The lowest BCUT2D eigenvalue weighted by Crippen LogP contribution is -2.11. The van der Waals surface area contributed by atoms with E-state index in [9.17, 15) is 9.59 Å². The Hall–Kier alpha value is -3.48. The van der Waals surface area contributed by atoms with Gasteiger partial charge in [-0.15, -0.1) is 0 Å². The SMILES string of the molecule is CCCCCCc1c(C)c2ccc(OC(=O)c3cc(OC)c(OC)c(OC)c3)cc2oc1=O. The van der Waals surface area contributed by atoms with Crippen molar-refractivity contribution in [1.82, 2.24) is 0 Å². The van der Waals surface area contributed by atoms with Crippen molar-refractivity contribution in [3.63, 3.8) is 0 Å².